The van der Waals surface area contributed by atoms with Crippen molar-refractivity contribution in [3.63, 3.8) is 0 Å². The first-order chi connectivity index (χ1) is 23.4. The number of aromatic nitrogens is 8. The summed E-state index contributed by atoms with van der Waals surface area (Å²) in [7, 11) is 7.71. The van der Waals surface area contributed by atoms with Gasteiger partial charge in [0.2, 0.25) is 0 Å². The number of benzene rings is 2. The molecule has 2 aromatic carbocycles. The van der Waals surface area contributed by atoms with Gasteiger partial charge in [-0.05, 0) is 30.9 Å². The third-order valence-corrected chi connectivity index (χ3v) is 8.39. The van der Waals surface area contributed by atoms with Crippen molar-refractivity contribution >= 4 is 43.5 Å². The van der Waals surface area contributed by atoms with Crippen molar-refractivity contribution in [1.29, 1.82) is 0 Å². The predicted octanol–water partition coefficient (Wildman–Crippen LogP) is 7.16. The molecule has 12 nitrogen and oxygen atoms in total. The minimum Gasteiger partial charge on any atom is -0.522 e. The van der Waals surface area contributed by atoms with E-state index in [1.165, 1.54) is 0 Å². The van der Waals surface area contributed by atoms with E-state index in [4.69, 9.17) is 17.7 Å². The standard InChI is InChI=1S/2C18H12N4O2.2Pt/c2*1-21-5-3-19-17(21)14-10-23-15-7-11-9-24-16(12(11)8-13(14)15)18-20-4-6-22(18)2;;/h4-7,9-10H,1-2H3;3,5-7,9-10H,1-2H3;;/q2*-2;2*+2. The molecule has 8 heterocycles. The zero-order valence-electron chi connectivity index (χ0n) is 26.8. The Bertz CT molecular complexity index is 2400. The molecular formula is C36H24N8O4Pt2. The molecule has 0 N–H and O–H groups in total. The first-order valence-corrected chi connectivity index (χ1v) is 14.9. The largest absolute Gasteiger partial charge is 2.00 e. The summed E-state index contributed by atoms with van der Waals surface area (Å²) in [6, 6.07) is 10.8. The summed E-state index contributed by atoms with van der Waals surface area (Å²) in [5, 5.41) is 5.31. The van der Waals surface area contributed by atoms with E-state index in [1.807, 2.05) is 71.0 Å². The van der Waals surface area contributed by atoms with Crippen LogP contribution in [0.1, 0.15) is 0 Å². The summed E-state index contributed by atoms with van der Waals surface area (Å²) in [5.41, 5.74) is 3.27. The fourth-order valence-corrected chi connectivity index (χ4v) is 5.92. The van der Waals surface area contributed by atoms with Gasteiger partial charge in [-0.3, -0.25) is 0 Å². The Kier molecular flexibility index (Phi) is 8.62. The average molecular weight is 1020 g/mol. The van der Waals surface area contributed by atoms with Crippen molar-refractivity contribution in [1.82, 2.24) is 38.2 Å². The van der Waals surface area contributed by atoms with E-state index in [0.717, 1.165) is 72.1 Å². The maximum absolute atomic E-state index is 5.75. The Morgan fingerprint density at radius 1 is 0.520 bits per heavy atom. The SMILES string of the molecule is Cn1c[c-]nc1-c1occ2cc3occ(-c4nccn4C)c3[c-]c12.Cn1ccnc1-c1occ2cc3occ(-c4n[c-]cn4C)c3[c-]c12.[Pt+2].[Pt+2]. The normalized spacial score (nSPS) is 11.3. The predicted molar refractivity (Wildman–Crippen MR) is 176 cm³/mol. The van der Waals surface area contributed by atoms with Crippen LogP contribution in [0.15, 0.2) is 92.0 Å². The van der Waals surface area contributed by atoms with Crippen molar-refractivity contribution in [2.75, 3.05) is 0 Å². The third kappa shape index (κ3) is 5.30. The van der Waals surface area contributed by atoms with Crippen LogP contribution in [-0.2, 0) is 70.3 Å². The van der Waals surface area contributed by atoms with Gasteiger partial charge in [0.25, 0.3) is 0 Å². The minimum atomic E-state index is 0. The summed E-state index contributed by atoms with van der Waals surface area (Å²) < 4.78 is 30.5. The molecule has 8 aromatic heterocycles. The van der Waals surface area contributed by atoms with Crippen LogP contribution in [-0.4, -0.2) is 38.2 Å². The summed E-state index contributed by atoms with van der Waals surface area (Å²) in [6.07, 6.45) is 23.3. The monoisotopic (exact) mass is 1020 g/mol. The summed E-state index contributed by atoms with van der Waals surface area (Å²) in [6.45, 7) is 0. The molecule has 0 saturated carbocycles. The molecule has 0 atom stereocenters. The van der Waals surface area contributed by atoms with E-state index < -0.39 is 0 Å². The van der Waals surface area contributed by atoms with Crippen molar-refractivity contribution in [2.45, 2.75) is 0 Å². The molecule has 50 heavy (non-hydrogen) atoms. The molecule has 0 aliphatic heterocycles. The van der Waals surface area contributed by atoms with Crippen LogP contribution in [0, 0.1) is 24.5 Å². The zero-order chi connectivity index (χ0) is 32.5. The zero-order valence-corrected chi connectivity index (χ0v) is 31.3. The number of aryl methyl sites for hydroxylation is 4. The van der Waals surface area contributed by atoms with Gasteiger partial charge in [0.05, 0.1) is 30.0 Å². The molecule has 0 radical (unpaired) electrons. The molecule has 0 unspecified atom stereocenters. The van der Waals surface area contributed by atoms with Gasteiger partial charge in [0.15, 0.2) is 0 Å². The van der Waals surface area contributed by atoms with E-state index in [1.54, 1.807) is 49.8 Å². The molecule has 0 spiro atoms. The van der Waals surface area contributed by atoms with Gasteiger partial charge in [0, 0.05) is 50.9 Å². The maximum Gasteiger partial charge on any atom is 2.00 e. The fraction of sp³-hybridized carbons (Fsp3) is 0.111. The Hall–Kier alpha value is -5.18. The van der Waals surface area contributed by atoms with Gasteiger partial charge in [-0.1, -0.05) is 62.8 Å². The van der Waals surface area contributed by atoms with Crippen LogP contribution in [0.4, 0.5) is 0 Å². The first kappa shape index (κ1) is 33.3. The minimum absolute atomic E-state index is 0. The molecule has 0 aliphatic carbocycles. The molecule has 10 aromatic rings. The van der Waals surface area contributed by atoms with Gasteiger partial charge in [-0.25, -0.2) is 9.97 Å². The van der Waals surface area contributed by atoms with E-state index in [0.29, 0.717) is 17.3 Å². The molecule has 252 valence electrons. The van der Waals surface area contributed by atoms with E-state index in [9.17, 15) is 0 Å². The van der Waals surface area contributed by atoms with Gasteiger partial charge in [-0.2, -0.15) is 0 Å². The Morgan fingerprint density at radius 2 is 1.00 bits per heavy atom. The van der Waals surface area contributed by atoms with Gasteiger partial charge in [0.1, 0.15) is 17.4 Å². The number of hydrogen-bond donors (Lipinski definition) is 0. The Labute approximate surface area is 312 Å². The van der Waals surface area contributed by atoms with Crippen LogP contribution in [0.25, 0.3) is 89.4 Å². The topological polar surface area (TPSA) is 124 Å². The molecule has 0 aliphatic rings. The van der Waals surface area contributed by atoms with Crippen LogP contribution < -0.4 is 0 Å². The number of nitrogens with zero attached hydrogens (tertiary/aromatic N) is 8. The smallest absolute Gasteiger partial charge is 0.522 e. The van der Waals surface area contributed by atoms with Crippen molar-refractivity contribution in [3.8, 4) is 45.9 Å². The molecular weight excluding hydrogens is 999 g/mol. The molecule has 14 heteroatoms. The number of furan rings is 4. The average Bonchev–Trinajstić information content (AvgIpc) is 3.92. The van der Waals surface area contributed by atoms with Gasteiger partial charge in [-0.15, -0.1) is 24.5 Å². The second-order valence-electron chi connectivity index (χ2n) is 11.4. The number of fused-ring (bicyclic) bond motifs is 4. The van der Waals surface area contributed by atoms with Crippen LogP contribution in [0.3, 0.4) is 0 Å². The quantitative estimate of drug-likeness (QED) is 0.171. The van der Waals surface area contributed by atoms with Gasteiger partial charge < -0.3 is 45.9 Å². The molecule has 0 amide bonds. The van der Waals surface area contributed by atoms with E-state index in [2.05, 4.69) is 44.5 Å². The Balaban J connectivity index is 0.000000151. The van der Waals surface area contributed by atoms with Gasteiger partial charge >= 0.3 is 42.1 Å². The number of hydrogen-bond acceptors (Lipinski definition) is 8. The van der Waals surface area contributed by atoms with Crippen LogP contribution in [0.2, 0.25) is 0 Å². The fourth-order valence-electron chi connectivity index (χ4n) is 5.92. The van der Waals surface area contributed by atoms with Crippen molar-refractivity contribution in [2.24, 2.45) is 28.2 Å². The molecule has 10 rings (SSSR count). The second-order valence-corrected chi connectivity index (χ2v) is 11.4. The second kappa shape index (κ2) is 12.9. The van der Waals surface area contributed by atoms with Crippen molar-refractivity contribution < 1.29 is 59.8 Å². The molecule has 0 fully saturated rings. The maximum atomic E-state index is 5.75. The van der Waals surface area contributed by atoms with E-state index >= 15 is 0 Å². The van der Waals surface area contributed by atoms with Crippen LogP contribution in [0.5, 0.6) is 0 Å². The molecule has 0 bridgehead atoms. The summed E-state index contributed by atoms with van der Waals surface area (Å²) in [5.74, 6) is 4.45. The number of rotatable bonds is 4. The third-order valence-electron chi connectivity index (χ3n) is 8.39. The number of imidazole rings is 4. The first-order valence-electron chi connectivity index (χ1n) is 14.9. The molecule has 0 saturated heterocycles. The summed E-state index contributed by atoms with van der Waals surface area (Å²) in [4.78, 5) is 17.3. The summed E-state index contributed by atoms with van der Waals surface area (Å²) >= 11 is 0. The van der Waals surface area contributed by atoms with E-state index in [-0.39, 0.29) is 42.1 Å². The van der Waals surface area contributed by atoms with Crippen LogP contribution >= 0.6 is 0 Å². The Morgan fingerprint density at radius 3 is 1.48 bits per heavy atom. The van der Waals surface area contributed by atoms with Crippen molar-refractivity contribution in [3.05, 3.63) is 98.9 Å².